The summed E-state index contributed by atoms with van der Waals surface area (Å²) in [6.45, 7) is 25.3. The highest BCUT2D eigenvalue weighted by molar-refractivity contribution is 5.87. The molecule has 9 rings (SSSR count). The van der Waals surface area contributed by atoms with Gasteiger partial charge >= 0.3 is 0 Å². The van der Waals surface area contributed by atoms with Gasteiger partial charge in [-0.2, -0.15) is 0 Å². The first-order valence-corrected chi connectivity index (χ1v) is 25.1. The maximum atomic E-state index is 2.48. The lowest BCUT2D eigenvalue weighted by atomic mass is 9.81. The van der Waals surface area contributed by atoms with Gasteiger partial charge in [-0.15, -0.1) is 0 Å². The van der Waals surface area contributed by atoms with Crippen LogP contribution in [0.15, 0.2) is 170 Å². The molecule has 0 heteroatoms. The van der Waals surface area contributed by atoms with Crippen LogP contribution < -0.4 is 0 Å². The molecule has 0 nitrogen and oxygen atoms in total. The fraction of sp³-hybridized carbons (Fsp3) is 0.284. The maximum Gasteiger partial charge on any atom is 0.0158 e. The van der Waals surface area contributed by atoms with E-state index in [4.69, 9.17) is 0 Å². The molecule has 340 valence electrons. The minimum absolute atomic E-state index is 0.0665. The predicted octanol–water partition coefficient (Wildman–Crippen LogP) is 19.3. The van der Waals surface area contributed by atoms with Crippen LogP contribution in [0.1, 0.15) is 141 Å². The lowest BCUT2D eigenvalue weighted by molar-refractivity contribution is 0.656. The van der Waals surface area contributed by atoms with Crippen LogP contribution in [0, 0.1) is 27.7 Å². The lowest BCUT2D eigenvalue weighted by Crippen LogP contribution is -2.14. The van der Waals surface area contributed by atoms with Gasteiger partial charge in [-0.1, -0.05) is 224 Å². The minimum Gasteiger partial charge on any atom is -0.0648 e. The molecule has 0 fully saturated rings. The highest BCUT2D eigenvalue weighted by atomic mass is 14.4. The molecule has 0 N–H and O–H groups in total. The average Bonchev–Trinajstić information content (AvgIpc) is 3.58. The van der Waals surface area contributed by atoms with E-state index in [1.165, 1.54) is 111 Å². The van der Waals surface area contributed by atoms with Crippen LogP contribution in [0.25, 0.3) is 55.6 Å². The van der Waals surface area contributed by atoms with E-state index in [2.05, 4.69) is 246 Å². The van der Waals surface area contributed by atoms with Crippen molar-refractivity contribution in [2.75, 3.05) is 0 Å². The molecular formula is C67H72. The number of rotatable bonds is 12. The first kappa shape index (κ1) is 47.3. The van der Waals surface area contributed by atoms with Gasteiger partial charge in [-0.25, -0.2) is 0 Å². The van der Waals surface area contributed by atoms with E-state index in [-0.39, 0.29) is 5.41 Å². The van der Waals surface area contributed by atoms with Crippen molar-refractivity contribution in [3.05, 3.63) is 225 Å². The van der Waals surface area contributed by atoms with Crippen LogP contribution in [-0.4, -0.2) is 0 Å². The highest BCUT2D eigenvalue weighted by Crippen LogP contribution is 2.49. The summed E-state index contributed by atoms with van der Waals surface area (Å²) in [5, 5.41) is 0. The second-order valence-corrected chi connectivity index (χ2v) is 20.1. The molecule has 1 aliphatic rings. The Morgan fingerprint density at radius 2 is 0.925 bits per heavy atom. The molecule has 3 unspecified atom stereocenters. The first-order chi connectivity index (χ1) is 32.3. The predicted molar refractivity (Wildman–Crippen MR) is 292 cm³/mol. The monoisotopic (exact) mass is 877 g/mol. The molecule has 8 aromatic carbocycles. The van der Waals surface area contributed by atoms with Crippen molar-refractivity contribution in [3.8, 4) is 55.6 Å². The molecule has 0 spiro atoms. The number of hydrogen-bond donors (Lipinski definition) is 0. The van der Waals surface area contributed by atoms with E-state index in [1.807, 2.05) is 0 Å². The second kappa shape index (κ2) is 20.3. The summed E-state index contributed by atoms with van der Waals surface area (Å²) < 4.78 is 0. The van der Waals surface area contributed by atoms with E-state index in [0.717, 1.165) is 25.7 Å². The Morgan fingerprint density at radius 3 is 1.60 bits per heavy atom. The summed E-state index contributed by atoms with van der Waals surface area (Å²) >= 11 is 0. The molecular weight excluding hydrogens is 805 g/mol. The molecule has 1 aliphatic carbocycles. The number of aryl methyl sites for hydroxylation is 3. The molecule has 0 aliphatic heterocycles. The van der Waals surface area contributed by atoms with Crippen molar-refractivity contribution in [1.29, 1.82) is 0 Å². The van der Waals surface area contributed by atoms with Gasteiger partial charge < -0.3 is 0 Å². The molecule has 8 aromatic rings. The molecule has 0 radical (unpaired) electrons. The first-order valence-electron chi connectivity index (χ1n) is 25.1. The standard InChI is InChI=1S/C43H46.C24H26/c1-8-28(2)34-16-9-10-17-38(34)37-21-14-20-36(31(37)5)35-19-13-15-32(30(35)4)24-23-29(3)33-25-26-42-40(27-33)39-18-11-12-22-41(39)43(42,6)7;1-5-18(3)21-10-6-7-11-23(21)24-19(4)9-8-12-22(24)20-15-13-17(2)14-16-20/h9-22,25-29H,8,23-24H2,1-7H3;6-16,18H,5H2,1-4H3. The van der Waals surface area contributed by atoms with E-state index < -0.39 is 0 Å². The molecule has 0 saturated carbocycles. The molecule has 3 atom stereocenters. The average molecular weight is 877 g/mol. The van der Waals surface area contributed by atoms with Gasteiger partial charge in [-0.3, -0.25) is 0 Å². The summed E-state index contributed by atoms with van der Waals surface area (Å²) in [5.74, 6) is 1.59. The van der Waals surface area contributed by atoms with Gasteiger partial charge in [-0.05, 0) is 177 Å². The van der Waals surface area contributed by atoms with E-state index in [1.54, 1.807) is 0 Å². The Balaban J connectivity index is 0.000000214. The SMILES string of the molecule is CCC(C)c1ccccc1-c1c(C)cccc1-c1ccc(C)cc1.CCC(C)c1ccccc1-c1cccc(-c2cccc(CCC(C)c3ccc4c(c3)-c3ccccc3C4(C)C)c2C)c1C. The van der Waals surface area contributed by atoms with Crippen LogP contribution in [0.5, 0.6) is 0 Å². The van der Waals surface area contributed by atoms with Crippen molar-refractivity contribution in [3.63, 3.8) is 0 Å². The Bertz CT molecular complexity index is 2990. The van der Waals surface area contributed by atoms with E-state index >= 15 is 0 Å². The second-order valence-electron chi connectivity index (χ2n) is 20.1. The zero-order valence-electron chi connectivity index (χ0n) is 42.2. The third kappa shape index (κ3) is 9.51. The van der Waals surface area contributed by atoms with Crippen molar-refractivity contribution < 1.29 is 0 Å². The largest absolute Gasteiger partial charge is 0.0648 e. The molecule has 0 aromatic heterocycles. The van der Waals surface area contributed by atoms with Crippen LogP contribution in [0.2, 0.25) is 0 Å². The van der Waals surface area contributed by atoms with Gasteiger partial charge in [0.2, 0.25) is 0 Å². The van der Waals surface area contributed by atoms with Gasteiger partial charge in [0.15, 0.2) is 0 Å². The molecule has 0 amide bonds. The fourth-order valence-corrected chi connectivity index (χ4v) is 10.8. The van der Waals surface area contributed by atoms with Gasteiger partial charge in [0.25, 0.3) is 0 Å². The van der Waals surface area contributed by atoms with Crippen LogP contribution >= 0.6 is 0 Å². The Labute approximate surface area is 404 Å². The van der Waals surface area contributed by atoms with Gasteiger partial charge in [0, 0.05) is 5.41 Å². The topological polar surface area (TPSA) is 0 Å². The number of benzene rings is 8. The van der Waals surface area contributed by atoms with E-state index in [9.17, 15) is 0 Å². The molecule has 0 bridgehead atoms. The summed E-state index contributed by atoms with van der Waals surface area (Å²) in [4.78, 5) is 0. The lowest BCUT2D eigenvalue weighted by Gasteiger charge is -2.22. The van der Waals surface area contributed by atoms with Crippen LogP contribution in [-0.2, 0) is 11.8 Å². The summed E-state index contributed by atoms with van der Waals surface area (Å²) in [5.41, 5.74) is 27.8. The summed E-state index contributed by atoms with van der Waals surface area (Å²) in [6.07, 6.45) is 4.51. The zero-order chi connectivity index (χ0) is 47.4. The summed E-state index contributed by atoms with van der Waals surface area (Å²) in [7, 11) is 0. The number of fused-ring (bicyclic) bond motifs is 3. The third-order valence-electron chi connectivity index (χ3n) is 15.5. The quantitative estimate of drug-likeness (QED) is 0.115. The van der Waals surface area contributed by atoms with Crippen molar-refractivity contribution >= 4 is 0 Å². The van der Waals surface area contributed by atoms with Crippen LogP contribution in [0.4, 0.5) is 0 Å². The normalized spacial score (nSPS) is 13.8. The summed E-state index contributed by atoms with van der Waals surface area (Å²) in [6, 6.07) is 63.3. The van der Waals surface area contributed by atoms with Gasteiger partial charge in [0.05, 0.1) is 0 Å². The van der Waals surface area contributed by atoms with Crippen molar-refractivity contribution in [1.82, 2.24) is 0 Å². The Morgan fingerprint density at radius 1 is 0.418 bits per heavy atom. The molecule has 67 heavy (non-hydrogen) atoms. The smallest absolute Gasteiger partial charge is 0.0158 e. The maximum absolute atomic E-state index is 2.48. The van der Waals surface area contributed by atoms with Crippen molar-refractivity contribution in [2.45, 2.75) is 125 Å². The van der Waals surface area contributed by atoms with Crippen LogP contribution in [0.3, 0.4) is 0 Å². The van der Waals surface area contributed by atoms with E-state index in [0.29, 0.717) is 17.8 Å². The molecule has 0 heterocycles. The Kier molecular flexibility index (Phi) is 14.3. The zero-order valence-corrected chi connectivity index (χ0v) is 42.2. The number of hydrogen-bond acceptors (Lipinski definition) is 0. The Hall–Kier alpha value is -6.24. The van der Waals surface area contributed by atoms with Crippen molar-refractivity contribution in [2.24, 2.45) is 0 Å². The highest BCUT2D eigenvalue weighted by Gasteiger charge is 2.35. The van der Waals surface area contributed by atoms with Gasteiger partial charge in [0.1, 0.15) is 0 Å². The third-order valence-corrected chi connectivity index (χ3v) is 15.5. The fourth-order valence-electron chi connectivity index (χ4n) is 10.8. The molecule has 0 saturated heterocycles. The minimum atomic E-state index is 0.0665.